The second-order valence-electron chi connectivity index (χ2n) is 11.7. The minimum atomic E-state index is -0.827. The highest BCUT2D eigenvalue weighted by atomic mass is 16.6. The van der Waals surface area contributed by atoms with E-state index >= 15 is 0 Å². The summed E-state index contributed by atoms with van der Waals surface area (Å²) in [5.41, 5.74) is 9.85. The van der Waals surface area contributed by atoms with Gasteiger partial charge in [-0.05, 0) is 70.1 Å². The average Bonchev–Trinajstić information content (AvgIpc) is 3.04. The summed E-state index contributed by atoms with van der Waals surface area (Å²) in [6, 6.07) is 13.6. The molecule has 0 radical (unpaired) electrons. The normalized spacial score (nSPS) is 17.0. The third-order valence-corrected chi connectivity index (χ3v) is 6.73. The molecule has 1 saturated heterocycles. The van der Waals surface area contributed by atoms with Crippen molar-refractivity contribution in [3.05, 3.63) is 58.6 Å². The maximum atomic E-state index is 12.9. The summed E-state index contributed by atoms with van der Waals surface area (Å²) in [4.78, 5) is 41.3. The van der Waals surface area contributed by atoms with Gasteiger partial charge in [0.25, 0.3) is 5.91 Å². The predicted molar refractivity (Wildman–Crippen MR) is 156 cm³/mol. The molecular weight excluding hydrogens is 526 g/mol. The highest BCUT2D eigenvalue weighted by Gasteiger charge is 2.31. The topological polar surface area (TPSA) is 132 Å². The second-order valence-corrected chi connectivity index (χ2v) is 11.7. The summed E-state index contributed by atoms with van der Waals surface area (Å²) in [6.07, 6.45) is -0.897. The SMILES string of the molecule is CN(C)CCn1c(=O)oc2ccc(-c3ccc(C[C@@H](N)NC(=O)[C@@H]4CN(C(=O)OC(C)(C)C)CCCO4)cc3)cc21. The summed E-state index contributed by atoms with van der Waals surface area (Å²) in [7, 11) is 3.92. The Kier molecular flexibility index (Phi) is 9.52. The van der Waals surface area contributed by atoms with E-state index in [1.54, 1.807) is 25.3 Å². The van der Waals surface area contributed by atoms with Crippen molar-refractivity contribution < 1.29 is 23.5 Å². The van der Waals surface area contributed by atoms with Crippen LogP contribution in [0.15, 0.2) is 51.7 Å². The van der Waals surface area contributed by atoms with E-state index in [1.807, 2.05) is 61.5 Å². The van der Waals surface area contributed by atoms with E-state index in [9.17, 15) is 14.4 Å². The molecule has 0 spiro atoms. The zero-order chi connectivity index (χ0) is 29.7. The second kappa shape index (κ2) is 12.9. The zero-order valence-corrected chi connectivity index (χ0v) is 24.5. The lowest BCUT2D eigenvalue weighted by atomic mass is 10.0. The van der Waals surface area contributed by atoms with Crippen LogP contribution in [0.1, 0.15) is 32.8 Å². The first-order valence-electron chi connectivity index (χ1n) is 13.9. The summed E-state index contributed by atoms with van der Waals surface area (Å²) >= 11 is 0. The van der Waals surface area contributed by atoms with Crippen molar-refractivity contribution >= 4 is 23.1 Å². The van der Waals surface area contributed by atoms with Crippen LogP contribution in [0, 0.1) is 0 Å². The van der Waals surface area contributed by atoms with Gasteiger partial charge in [-0.2, -0.15) is 0 Å². The number of carbonyl (C=O) groups excluding carboxylic acids is 2. The fraction of sp³-hybridized carbons (Fsp3) is 0.500. The van der Waals surface area contributed by atoms with Crippen LogP contribution in [0.2, 0.25) is 0 Å². The van der Waals surface area contributed by atoms with E-state index in [4.69, 9.17) is 19.6 Å². The van der Waals surface area contributed by atoms with Gasteiger partial charge >= 0.3 is 11.8 Å². The molecule has 2 amide bonds. The fourth-order valence-corrected chi connectivity index (χ4v) is 4.64. The maximum Gasteiger partial charge on any atom is 0.419 e. The van der Waals surface area contributed by atoms with Gasteiger partial charge < -0.3 is 34.7 Å². The zero-order valence-electron chi connectivity index (χ0n) is 24.5. The number of oxazole rings is 1. The molecule has 3 aromatic rings. The number of nitrogens with two attached hydrogens (primary N) is 1. The molecule has 1 aliphatic heterocycles. The summed E-state index contributed by atoms with van der Waals surface area (Å²) < 4.78 is 18.2. The van der Waals surface area contributed by atoms with Crippen molar-refractivity contribution in [2.75, 3.05) is 40.3 Å². The number of hydrogen-bond donors (Lipinski definition) is 2. The minimum Gasteiger partial charge on any atom is -0.444 e. The van der Waals surface area contributed by atoms with Crippen molar-refractivity contribution in [1.82, 2.24) is 19.7 Å². The molecular formula is C30H41N5O6. The molecule has 2 aromatic carbocycles. The molecule has 2 atom stereocenters. The van der Waals surface area contributed by atoms with Crippen LogP contribution in [0.5, 0.6) is 0 Å². The molecule has 11 nitrogen and oxygen atoms in total. The van der Waals surface area contributed by atoms with E-state index in [0.717, 1.165) is 28.8 Å². The number of fused-ring (bicyclic) bond motifs is 1. The number of hydrogen-bond acceptors (Lipinski definition) is 8. The fourth-order valence-electron chi connectivity index (χ4n) is 4.64. The molecule has 3 N–H and O–H groups in total. The largest absolute Gasteiger partial charge is 0.444 e. The van der Waals surface area contributed by atoms with E-state index in [-0.39, 0.29) is 18.2 Å². The molecule has 0 bridgehead atoms. The van der Waals surface area contributed by atoms with Gasteiger partial charge in [0.2, 0.25) is 0 Å². The maximum absolute atomic E-state index is 12.9. The van der Waals surface area contributed by atoms with Crippen LogP contribution in [-0.4, -0.2) is 84.6 Å². The molecule has 1 aromatic heterocycles. The van der Waals surface area contributed by atoms with Crippen LogP contribution in [0.25, 0.3) is 22.2 Å². The molecule has 1 aliphatic rings. The molecule has 222 valence electrons. The van der Waals surface area contributed by atoms with Gasteiger partial charge in [-0.1, -0.05) is 30.3 Å². The lowest BCUT2D eigenvalue weighted by Crippen LogP contribution is -2.51. The number of ether oxygens (including phenoxy) is 2. The minimum absolute atomic E-state index is 0.103. The Morgan fingerprint density at radius 1 is 1.15 bits per heavy atom. The molecule has 41 heavy (non-hydrogen) atoms. The number of amides is 2. The Labute approximate surface area is 240 Å². The Balaban J connectivity index is 1.37. The summed E-state index contributed by atoms with van der Waals surface area (Å²) in [6.45, 7) is 7.60. The average molecular weight is 568 g/mol. The molecule has 0 saturated carbocycles. The van der Waals surface area contributed by atoms with Gasteiger partial charge in [-0.15, -0.1) is 0 Å². The van der Waals surface area contributed by atoms with Gasteiger partial charge in [0.05, 0.1) is 18.2 Å². The first kappa shape index (κ1) is 30.3. The van der Waals surface area contributed by atoms with Gasteiger partial charge in [-0.3, -0.25) is 9.36 Å². The van der Waals surface area contributed by atoms with Crippen LogP contribution in [-0.2, 0) is 27.2 Å². The highest BCUT2D eigenvalue weighted by Crippen LogP contribution is 2.25. The highest BCUT2D eigenvalue weighted by molar-refractivity contribution is 5.82. The Morgan fingerprint density at radius 3 is 2.54 bits per heavy atom. The lowest BCUT2D eigenvalue weighted by molar-refractivity contribution is -0.133. The summed E-state index contributed by atoms with van der Waals surface area (Å²) in [5, 5.41) is 2.82. The van der Waals surface area contributed by atoms with Crippen LogP contribution >= 0.6 is 0 Å². The Morgan fingerprint density at radius 2 is 1.85 bits per heavy atom. The van der Waals surface area contributed by atoms with Crippen molar-refractivity contribution in [3.63, 3.8) is 0 Å². The van der Waals surface area contributed by atoms with Crippen LogP contribution in [0.3, 0.4) is 0 Å². The Hall–Kier alpha value is -3.67. The number of carbonyl (C=O) groups is 2. The lowest BCUT2D eigenvalue weighted by Gasteiger charge is -2.28. The number of nitrogens with one attached hydrogen (secondary N) is 1. The number of rotatable bonds is 8. The van der Waals surface area contributed by atoms with Crippen LogP contribution in [0.4, 0.5) is 4.79 Å². The number of likely N-dealkylation sites (N-methyl/N-ethyl adjacent to an activating group) is 1. The van der Waals surface area contributed by atoms with Gasteiger partial charge in [0, 0.05) is 32.7 Å². The smallest absolute Gasteiger partial charge is 0.419 e. The van der Waals surface area contributed by atoms with E-state index < -0.39 is 24.0 Å². The van der Waals surface area contributed by atoms with Gasteiger partial charge in [-0.25, -0.2) is 9.59 Å². The molecule has 4 rings (SSSR count). The van der Waals surface area contributed by atoms with Crippen molar-refractivity contribution in [2.45, 2.75) is 58.0 Å². The predicted octanol–water partition coefficient (Wildman–Crippen LogP) is 2.79. The first-order chi connectivity index (χ1) is 19.4. The van der Waals surface area contributed by atoms with Gasteiger partial charge in [0.15, 0.2) is 11.7 Å². The van der Waals surface area contributed by atoms with Crippen molar-refractivity contribution in [3.8, 4) is 11.1 Å². The number of aromatic nitrogens is 1. The Bertz CT molecular complexity index is 1410. The monoisotopic (exact) mass is 567 g/mol. The quantitative estimate of drug-likeness (QED) is 0.397. The molecule has 0 unspecified atom stereocenters. The number of benzene rings is 2. The first-order valence-corrected chi connectivity index (χ1v) is 13.9. The standard InChI is InChI=1S/C30H41N5O6/c1-30(2,3)41-28(37)34-13-6-16-39-25(19-34)27(36)32-26(31)17-20-7-9-21(10-8-20)22-11-12-24-23(18-22)35(29(38)40-24)15-14-33(4)5/h7-12,18,25-26H,6,13-17,19,31H2,1-5H3,(H,32,36)/t25-,26-/m0/s1. The molecule has 1 fully saturated rings. The van der Waals surface area contributed by atoms with Crippen molar-refractivity contribution in [1.29, 1.82) is 0 Å². The molecule has 11 heteroatoms. The van der Waals surface area contributed by atoms with E-state index in [2.05, 4.69) is 5.32 Å². The molecule has 0 aliphatic carbocycles. The number of nitrogens with zero attached hydrogens (tertiary/aromatic N) is 3. The molecule has 2 heterocycles. The van der Waals surface area contributed by atoms with Crippen LogP contribution < -0.4 is 16.8 Å². The van der Waals surface area contributed by atoms with E-state index in [0.29, 0.717) is 38.1 Å². The summed E-state index contributed by atoms with van der Waals surface area (Å²) in [5.74, 6) is -0.726. The third kappa shape index (κ3) is 8.18. The van der Waals surface area contributed by atoms with Crippen molar-refractivity contribution in [2.24, 2.45) is 5.73 Å². The van der Waals surface area contributed by atoms with E-state index in [1.165, 1.54) is 4.90 Å². The van der Waals surface area contributed by atoms with Gasteiger partial charge in [0.1, 0.15) is 5.60 Å². The third-order valence-electron chi connectivity index (χ3n) is 6.73.